The van der Waals surface area contributed by atoms with E-state index in [1.54, 1.807) is 0 Å². The van der Waals surface area contributed by atoms with Gasteiger partial charge in [0, 0.05) is 0 Å². The molecule has 66 valence electrons. The number of hydrogen-bond acceptors (Lipinski definition) is 0. The van der Waals surface area contributed by atoms with Gasteiger partial charge in [0.05, 0.1) is 0 Å². The lowest BCUT2D eigenvalue weighted by Crippen LogP contribution is -2.04. The van der Waals surface area contributed by atoms with Gasteiger partial charge in [0.25, 0.3) is 0 Å². The first-order valence-corrected chi connectivity index (χ1v) is 4.56. The second-order valence-electron chi connectivity index (χ2n) is 3.95. The fraction of sp³-hybridized carbons (Fsp3) is 0.500. The molecule has 0 aromatic carbocycles. The van der Waals surface area contributed by atoms with Crippen molar-refractivity contribution in [2.24, 2.45) is 5.92 Å². The van der Waals surface area contributed by atoms with Crippen LogP contribution in [0.1, 0.15) is 34.1 Å². The quantitative estimate of drug-likeness (QED) is 0.549. The minimum Gasteiger partial charge on any atom is -0.0955 e. The molecule has 1 aliphatic rings. The summed E-state index contributed by atoms with van der Waals surface area (Å²) >= 11 is 0. The molecule has 0 aliphatic heterocycles. The van der Waals surface area contributed by atoms with E-state index in [9.17, 15) is 0 Å². The lowest BCUT2D eigenvalue weighted by atomic mass is 9.84. The number of rotatable bonds is 1. The van der Waals surface area contributed by atoms with Crippen LogP contribution in [0.4, 0.5) is 0 Å². The standard InChI is InChI=1S/C12H18/c1-8(2)12-7-9(3)6-10(4)11(12)5/h7,9H,1,6H2,2-5H3. The lowest BCUT2D eigenvalue weighted by Gasteiger charge is -2.21. The van der Waals surface area contributed by atoms with Crippen LogP contribution >= 0.6 is 0 Å². The molecule has 0 saturated carbocycles. The summed E-state index contributed by atoms with van der Waals surface area (Å²) in [6.07, 6.45) is 3.55. The van der Waals surface area contributed by atoms with Crippen LogP contribution in [-0.2, 0) is 0 Å². The zero-order chi connectivity index (χ0) is 9.30. The van der Waals surface area contributed by atoms with Crippen LogP contribution in [0.2, 0.25) is 0 Å². The fourth-order valence-corrected chi connectivity index (χ4v) is 1.80. The van der Waals surface area contributed by atoms with E-state index in [1.165, 1.54) is 28.7 Å². The Balaban J connectivity index is 3.04. The Labute approximate surface area is 75.7 Å². The summed E-state index contributed by atoms with van der Waals surface area (Å²) in [5, 5.41) is 0. The molecular formula is C12H18. The molecule has 0 nitrogen and oxygen atoms in total. The predicted molar refractivity (Wildman–Crippen MR) is 55.1 cm³/mol. The van der Waals surface area contributed by atoms with Gasteiger partial charge in [0.2, 0.25) is 0 Å². The Morgan fingerprint density at radius 3 is 2.58 bits per heavy atom. The maximum Gasteiger partial charge on any atom is -0.0215 e. The molecule has 0 bridgehead atoms. The van der Waals surface area contributed by atoms with Crippen LogP contribution in [0.5, 0.6) is 0 Å². The van der Waals surface area contributed by atoms with Gasteiger partial charge in [-0.25, -0.2) is 0 Å². The van der Waals surface area contributed by atoms with E-state index in [4.69, 9.17) is 0 Å². The predicted octanol–water partition coefficient (Wildman–Crippen LogP) is 3.87. The molecule has 12 heavy (non-hydrogen) atoms. The third kappa shape index (κ3) is 1.69. The van der Waals surface area contributed by atoms with Gasteiger partial charge in [-0.1, -0.05) is 30.7 Å². The molecule has 1 unspecified atom stereocenters. The van der Waals surface area contributed by atoms with Crippen molar-refractivity contribution in [3.8, 4) is 0 Å². The number of hydrogen-bond donors (Lipinski definition) is 0. The first-order chi connectivity index (χ1) is 5.52. The number of allylic oxidation sites excluding steroid dienone is 5. The molecule has 0 radical (unpaired) electrons. The largest absolute Gasteiger partial charge is 0.0955 e. The molecule has 0 saturated heterocycles. The third-order valence-electron chi connectivity index (χ3n) is 2.58. The van der Waals surface area contributed by atoms with Gasteiger partial charge < -0.3 is 0 Å². The van der Waals surface area contributed by atoms with E-state index in [2.05, 4.69) is 40.3 Å². The van der Waals surface area contributed by atoms with Gasteiger partial charge in [-0.05, 0) is 44.3 Å². The average molecular weight is 162 g/mol. The zero-order valence-corrected chi connectivity index (χ0v) is 8.57. The maximum absolute atomic E-state index is 4.00. The Morgan fingerprint density at radius 2 is 2.08 bits per heavy atom. The van der Waals surface area contributed by atoms with Crippen molar-refractivity contribution < 1.29 is 0 Å². The van der Waals surface area contributed by atoms with Gasteiger partial charge in [0.15, 0.2) is 0 Å². The van der Waals surface area contributed by atoms with Gasteiger partial charge in [0.1, 0.15) is 0 Å². The summed E-state index contributed by atoms with van der Waals surface area (Å²) in [6.45, 7) is 12.8. The Kier molecular flexibility index (Phi) is 2.56. The van der Waals surface area contributed by atoms with Crippen LogP contribution in [-0.4, -0.2) is 0 Å². The SMILES string of the molecule is C=C(C)C1=CC(C)CC(C)=C1C. The van der Waals surface area contributed by atoms with E-state index >= 15 is 0 Å². The molecule has 0 amide bonds. The van der Waals surface area contributed by atoms with Crippen molar-refractivity contribution in [3.63, 3.8) is 0 Å². The maximum atomic E-state index is 4.00. The van der Waals surface area contributed by atoms with E-state index < -0.39 is 0 Å². The highest BCUT2D eigenvalue weighted by atomic mass is 14.2. The van der Waals surface area contributed by atoms with Gasteiger partial charge in [-0.3, -0.25) is 0 Å². The Bertz CT molecular complexity index is 264. The monoisotopic (exact) mass is 162 g/mol. The van der Waals surface area contributed by atoms with Gasteiger partial charge in [-0.2, -0.15) is 0 Å². The van der Waals surface area contributed by atoms with Gasteiger partial charge >= 0.3 is 0 Å². The minimum atomic E-state index is 0.681. The fourth-order valence-electron chi connectivity index (χ4n) is 1.80. The molecule has 1 aliphatic carbocycles. The molecule has 0 fully saturated rings. The smallest absolute Gasteiger partial charge is 0.0215 e. The van der Waals surface area contributed by atoms with Crippen molar-refractivity contribution in [2.45, 2.75) is 34.1 Å². The molecule has 1 atom stereocenters. The second kappa shape index (κ2) is 3.30. The normalized spacial score (nSPS) is 24.0. The third-order valence-corrected chi connectivity index (χ3v) is 2.58. The van der Waals surface area contributed by atoms with Crippen LogP contribution in [0, 0.1) is 5.92 Å². The van der Waals surface area contributed by atoms with Gasteiger partial charge in [-0.15, -0.1) is 0 Å². The molecule has 0 heteroatoms. The summed E-state index contributed by atoms with van der Waals surface area (Å²) in [5.74, 6) is 0.681. The lowest BCUT2D eigenvalue weighted by molar-refractivity contribution is 0.692. The van der Waals surface area contributed by atoms with Crippen molar-refractivity contribution in [1.82, 2.24) is 0 Å². The molecule has 0 aromatic heterocycles. The summed E-state index contributed by atoms with van der Waals surface area (Å²) in [6, 6.07) is 0. The van der Waals surface area contributed by atoms with Crippen molar-refractivity contribution in [3.05, 3.63) is 34.9 Å². The molecule has 0 spiro atoms. The molecule has 0 N–H and O–H groups in total. The van der Waals surface area contributed by atoms with E-state index in [0.29, 0.717) is 5.92 Å². The van der Waals surface area contributed by atoms with E-state index in [1.807, 2.05) is 0 Å². The summed E-state index contributed by atoms with van der Waals surface area (Å²) in [7, 11) is 0. The molecular weight excluding hydrogens is 144 g/mol. The van der Waals surface area contributed by atoms with Crippen LogP contribution in [0.25, 0.3) is 0 Å². The summed E-state index contributed by atoms with van der Waals surface area (Å²) < 4.78 is 0. The second-order valence-corrected chi connectivity index (χ2v) is 3.95. The first kappa shape index (κ1) is 9.31. The van der Waals surface area contributed by atoms with Crippen LogP contribution in [0.15, 0.2) is 34.9 Å². The van der Waals surface area contributed by atoms with Crippen LogP contribution in [0.3, 0.4) is 0 Å². The highest BCUT2D eigenvalue weighted by molar-refractivity contribution is 5.47. The Morgan fingerprint density at radius 1 is 1.50 bits per heavy atom. The van der Waals surface area contributed by atoms with E-state index in [0.717, 1.165) is 0 Å². The Hall–Kier alpha value is -0.780. The van der Waals surface area contributed by atoms with Crippen molar-refractivity contribution in [1.29, 1.82) is 0 Å². The average Bonchev–Trinajstić information content (AvgIpc) is 1.96. The molecule has 0 aromatic rings. The molecule has 1 rings (SSSR count). The zero-order valence-electron chi connectivity index (χ0n) is 8.57. The minimum absolute atomic E-state index is 0.681. The molecule has 0 heterocycles. The van der Waals surface area contributed by atoms with Crippen molar-refractivity contribution >= 4 is 0 Å². The van der Waals surface area contributed by atoms with Crippen molar-refractivity contribution in [2.75, 3.05) is 0 Å². The first-order valence-electron chi connectivity index (χ1n) is 4.56. The topological polar surface area (TPSA) is 0 Å². The van der Waals surface area contributed by atoms with Crippen LogP contribution < -0.4 is 0 Å². The highest BCUT2D eigenvalue weighted by Gasteiger charge is 2.13. The highest BCUT2D eigenvalue weighted by Crippen LogP contribution is 2.31. The van der Waals surface area contributed by atoms with E-state index in [-0.39, 0.29) is 0 Å². The summed E-state index contributed by atoms with van der Waals surface area (Å²) in [5.41, 5.74) is 5.51. The summed E-state index contributed by atoms with van der Waals surface area (Å²) in [4.78, 5) is 0.